The molecule has 3 unspecified atom stereocenters. The molecular weight excluding hydrogens is 450 g/mol. The second kappa shape index (κ2) is 7.93. The van der Waals surface area contributed by atoms with E-state index in [0.29, 0.717) is 30.1 Å². The molecule has 8 nitrogen and oxygen atoms in total. The Morgan fingerprint density at radius 3 is 2.50 bits per heavy atom. The number of rotatable bonds is 5. The Kier molecular flexibility index (Phi) is 5.39. The van der Waals surface area contributed by atoms with Crippen LogP contribution in [0.15, 0.2) is 34.2 Å². The van der Waals surface area contributed by atoms with Crippen LogP contribution in [0.25, 0.3) is 0 Å². The second-order valence-electron chi connectivity index (χ2n) is 11.0. The third kappa shape index (κ3) is 3.74. The van der Waals surface area contributed by atoms with Crippen molar-refractivity contribution in [2.24, 2.45) is 23.5 Å². The van der Waals surface area contributed by atoms with Crippen molar-refractivity contribution in [3.8, 4) is 0 Å². The fourth-order valence-corrected chi connectivity index (χ4v) is 8.06. The summed E-state index contributed by atoms with van der Waals surface area (Å²) >= 11 is 0. The van der Waals surface area contributed by atoms with Gasteiger partial charge in [0.05, 0.1) is 4.90 Å². The lowest BCUT2D eigenvalue weighted by molar-refractivity contribution is 0.0997. The van der Waals surface area contributed by atoms with Gasteiger partial charge in [0, 0.05) is 23.7 Å². The highest BCUT2D eigenvalue weighted by Gasteiger charge is 2.44. The zero-order valence-corrected chi connectivity index (χ0v) is 20.8. The molecule has 2 aromatic rings. The molecule has 0 radical (unpaired) electrons. The fraction of sp³-hybridized carbons (Fsp3) is 0.560. The Morgan fingerprint density at radius 1 is 1.18 bits per heavy atom. The summed E-state index contributed by atoms with van der Waals surface area (Å²) in [4.78, 5) is 23.9. The molecule has 1 saturated heterocycles. The molecule has 2 aliphatic carbocycles. The van der Waals surface area contributed by atoms with Crippen LogP contribution in [0.4, 0.5) is 11.6 Å². The predicted molar refractivity (Wildman–Crippen MR) is 130 cm³/mol. The first-order valence-electron chi connectivity index (χ1n) is 12.1. The lowest BCUT2D eigenvalue weighted by Crippen LogP contribution is -2.40. The van der Waals surface area contributed by atoms with Gasteiger partial charge in [-0.2, -0.15) is 0 Å². The molecular formula is C25H33N5O3S. The van der Waals surface area contributed by atoms with E-state index in [9.17, 15) is 13.2 Å². The van der Waals surface area contributed by atoms with Crippen molar-refractivity contribution < 1.29 is 13.2 Å². The monoisotopic (exact) mass is 483 g/mol. The van der Waals surface area contributed by atoms with E-state index in [1.54, 1.807) is 12.1 Å². The molecule has 0 spiro atoms. The molecule has 2 aromatic heterocycles. The summed E-state index contributed by atoms with van der Waals surface area (Å²) in [5.41, 5.74) is 12.0. The molecule has 9 heteroatoms. The summed E-state index contributed by atoms with van der Waals surface area (Å²) in [5, 5.41) is -0.194. The molecule has 3 aliphatic rings. The molecule has 3 heterocycles. The van der Waals surface area contributed by atoms with Crippen molar-refractivity contribution >= 4 is 27.4 Å². The highest BCUT2D eigenvalue weighted by Crippen LogP contribution is 2.53. The van der Waals surface area contributed by atoms with Gasteiger partial charge in [0.15, 0.2) is 5.03 Å². The van der Waals surface area contributed by atoms with Gasteiger partial charge in [-0.25, -0.2) is 18.4 Å². The van der Waals surface area contributed by atoms with Crippen LogP contribution in [0.3, 0.4) is 0 Å². The number of fused-ring (bicyclic) bond motifs is 2. The zero-order valence-electron chi connectivity index (χ0n) is 20.0. The predicted octanol–water partition coefficient (Wildman–Crippen LogP) is 3.52. The summed E-state index contributed by atoms with van der Waals surface area (Å²) in [6, 6.07) is 6.06. The van der Waals surface area contributed by atoms with Crippen molar-refractivity contribution in [1.82, 2.24) is 9.97 Å². The van der Waals surface area contributed by atoms with Gasteiger partial charge in [0.2, 0.25) is 9.84 Å². The number of aromatic nitrogens is 2. The van der Waals surface area contributed by atoms with Gasteiger partial charge in [-0.15, -0.1) is 0 Å². The van der Waals surface area contributed by atoms with Crippen molar-refractivity contribution in [3.05, 3.63) is 35.5 Å². The number of primary amides is 1. The van der Waals surface area contributed by atoms with Gasteiger partial charge in [-0.05, 0) is 75.5 Å². The van der Waals surface area contributed by atoms with Gasteiger partial charge in [0.25, 0.3) is 5.91 Å². The fourth-order valence-electron chi connectivity index (χ4n) is 6.62. The largest absolute Gasteiger partial charge is 0.384 e. The zero-order chi connectivity index (χ0) is 24.4. The number of carbonyl (C=O) groups is 1. The minimum atomic E-state index is -4.16. The number of nitrogen functional groups attached to an aromatic ring is 1. The lowest BCUT2D eigenvalue weighted by atomic mass is 9.86. The molecule has 2 bridgehead atoms. The average Bonchev–Trinajstić information content (AvgIpc) is 3.46. The molecule has 0 aromatic carbocycles. The lowest BCUT2D eigenvalue weighted by Gasteiger charge is -2.35. The summed E-state index contributed by atoms with van der Waals surface area (Å²) in [7, 11) is -4.16. The number of amides is 1. The van der Waals surface area contributed by atoms with Crippen molar-refractivity contribution in [3.63, 3.8) is 0 Å². The molecule has 1 aliphatic heterocycles. The van der Waals surface area contributed by atoms with Crippen molar-refractivity contribution in [1.29, 1.82) is 0 Å². The first-order valence-corrected chi connectivity index (χ1v) is 13.6. The van der Waals surface area contributed by atoms with Gasteiger partial charge in [-0.1, -0.05) is 19.4 Å². The Labute approximate surface area is 201 Å². The van der Waals surface area contributed by atoms with Crippen LogP contribution in [0.2, 0.25) is 0 Å². The van der Waals surface area contributed by atoms with Crippen LogP contribution in [-0.2, 0) is 9.84 Å². The molecule has 4 N–H and O–H groups in total. The number of hydrogen-bond donors (Lipinski definition) is 2. The Hall–Kier alpha value is -2.68. The quantitative estimate of drug-likeness (QED) is 0.665. The highest BCUT2D eigenvalue weighted by atomic mass is 32.2. The van der Waals surface area contributed by atoms with Crippen LogP contribution < -0.4 is 16.4 Å². The van der Waals surface area contributed by atoms with Gasteiger partial charge >= 0.3 is 0 Å². The highest BCUT2D eigenvalue weighted by molar-refractivity contribution is 7.91. The summed E-state index contributed by atoms with van der Waals surface area (Å²) in [6.45, 7) is 7.03. The SMILES string of the molecule is C[C@@H]1CN(c2nc(C3CC4CCC3C4)cc(S(=O)(=O)c3cccc(N)n3)c2C(N)=O)C(C)(C)C1. The normalized spacial score (nSPS) is 27.9. The Balaban J connectivity index is 1.76. The minimum absolute atomic E-state index is 0.0571. The van der Waals surface area contributed by atoms with Crippen LogP contribution >= 0.6 is 0 Å². The minimum Gasteiger partial charge on any atom is -0.384 e. The van der Waals surface area contributed by atoms with E-state index in [-0.39, 0.29) is 32.8 Å². The molecule has 182 valence electrons. The first kappa shape index (κ1) is 23.1. The molecule has 2 saturated carbocycles. The van der Waals surface area contributed by atoms with Crippen molar-refractivity contribution in [2.75, 3.05) is 17.2 Å². The van der Waals surface area contributed by atoms with Crippen molar-refractivity contribution in [2.45, 2.75) is 74.3 Å². The van der Waals surface area contributed by atoms with Crippen LogP contribution in [0.5, 0.6) is 0 Å². The van der Waals surface area contributed by atoms with Crippen LogP contribution in [0.1, 0.15) is 74.8 Å². The number of carbonyl (C=O) groups excluding carboxylic acids is 1. The van der Waals surface area contributed by atoms with Crippen LogP contribution in [0, 0.1) is 17.8 Å². The maximum atomic E-state index is 13.9. The number of hydrogen-bond acceptors (Lipinski definition) is 7. The number of sulfone groups is 1. The molecule has 5 rings (SSSR count). The number of pyridine rings is 2. The van der Waals surface area contributed by atoms with Gasteiger partial charge in [0.1, 0.15) is 17.2 Å². The molecule has 34 heavy (non-hydrogen) atoms. The first-order chi connectivity index (χ1) is 16.0. The van der Waals surface area contributed by atoms with E-state index in [1.807, 2.05) is 0 Å². The van der Waals surface area contributed by atoms with E-state index < -0.39 is 15.7 Å². The maximum absolute atomic E-state index is 13.9. The molecule has 3 fully saturated rings. The Bertz CT molecular complexity index is 1260. The van der Waals surface area contributed by atoms with E-state index >= 15 is 0 Å². The molecule has 4 atom stereocenters. The maximum Gasteiger partial charge on any atom is 0.253 e. The van der Waals surface area contributed by atoms with Crippen LogP contribution in [-0.4, -0.2) is 36.4 Å². The third-order valence-corrected chi connectivity index (χ3v) is 9.67. The summed E-state index contributed by atoms with van der Waals surface area (Å²) < 4.78 is 27.7. The smallest absolute Gasteiger partial charge is 0.253 e. The number of nitrogens with two attached hydrogens (primary N) is 2. The average molecular weight is 484 g/mol. The second-order valence-corrected chi connectivity index (χ2v) is 12.9. The standard InChI is InChI=1S/C25H33N5O3S/c1-14-12-25(2,3)30(13-14)24-22(23(27)31)19(34(32,33)21-6-4-5-20(26)29-21)11-18(28-24)17-10-15-7-8-16(17)9-15/h4-6,11,14-17H,7-10,12-13H2,1-3H3,(H2,26,29)(H2,27,31)/t14-,15?,16?,17?/m0/s1. The number of anilines is 2. The van der Waals surface area contributed by atoms with E-state index in [0.717, 1.165) is 31.4 Å². The van der Waals surface area contributed by atoms with E-state index in [2.05, 4.69) is 30.7 Å². The van der Waals surface area contributed by atoms with Gasteiger partial charge in [-0.3, -0.25) is 4.79 Å². The van der Waals surface area contributed by atoms with E-state index in [1.165, 1.54) is 18.6 Å². The summed E-state index contributed by atoms with van der Waals surface area (Å²) in [6.07, 6.45) is 5.43. The Morgan fingerprint density at radius 2 is 1.94 bits per heavy atom. The number of nitrogens with zero attached hydrogens (tertiary/aromatic N) is 3. The van der Waals surface area contributed by atoms with Gasteiger partial charge < -0.3 is 16.4 Å². The van der Waals surface area contributed by atoms with E-state index in [4.69, 9.17) is 16.5 Å². The summed E-state index contributed by atoms with van der Waals surface area (Å²) in [5.74, 6) is 1.39. The topological polar surface area (TPSA) is 132 Å². The molecule has 1 amide bonds. The third-order valence-electron chi connectivity index (χ3n) is 7.99.